The molecule has 0 aromatic heterocycles. The number of hydrogen-bond donors (Lipinski definition) is 1. The Hall–Kier alpha value is -0.240. The molecule has 0 aliphatic rings. The number of rotatable bonds is 8. The number of nitrogens with one attached hydrogen (secondary N) is 1. The van der Waals surface area contributed by atoms with Gasteiger partial charge in [-0.05, 0) is 36.6 Å². The molecule has 1 aromatic rings. The maximum Gasteiger partial charge on any atom is 0.0465 e. The summed E-state index contributed by atoms with van der Waals surface area (Å²) in [6.07, 6.45) is 5.15. The van der Waals surface area contributed by atoms with E-state index in [1.165, 1.54) is 25.7 Å². The van der Waals surface area contributed by atoms with Crippen LogP contribution in [-0.4, -0.2) is 6.54 Å². The molecule has 0 fully saturated rings. The van der Waals surface area contributed by atoms with E-state index in [9.17, 15) is 0 Å². The first-order valence-electron chi connectivity index (χ1n) is 6.82. The first-order valence-corrected chi connectivity index (χ1v) is 7.57. The lowest BCUT2D eigenvalue weighted by Gasteiger charge is -2.15. The summed E-state index contributed by atoms with van der Waals surface area (Å²) in [5.74, 6) is 0.774. The van der Waals surface area contributed by atoms with E-state index in [4.69, 9.17) is 23.2 Å². The van der Waals surface area contributed by atoms with E-state index in [-0.39, 0.29) is 0 Å². The van der Waals surface area contributed by atoms with Crippen molar-refractivity contribution in [3.05, 3.63) is 33.8 Å². The summed E-state index contributed by atoms with van der Waals surface area (Å²) in [5.41, 5.74) is 1.12. The Morgan fingerprint density at radius 1 is 1.22 bits per heavy atom. The molecule has 0 aliphatic carbocycles. The molecule has 0 heterocycles. The van der Waals surface area contributed by atoms with Crippen molar-refractivity contribution in [2.45, 2.75) is 46.1 Å². The molecule has 0 saturated carbocycles. The van der Waals surface area contributed by atoms with Crippen LogP contribution in [0.1, 0.15) is 45.1 Å². The van der Waals surface area contributed by atoms with E-state index in [1.54, 1.807) is 6.07 Å². The van der Waals surface area contributed by atoms with Crippen LogP contribution >= 0.6 is 23.2 Å². The number of halogens is 2. The van der Waals surface area contributed by atoms with Gasteiger partial charge >= 0.3 is 0 Å². The standard InChI is InChI=1S/C15H23Cl2N/c1-3-5-6-12(4-2)10-18-11-13-7-8-14(16)9-15(13)17/h7-9,12,18H,3-6,10-11H2,1-2H3/t12-/m1/s1. The minimum absolute atomic E-state index is 0.693. The third-order valence-electron chi connectivity index (χ3n) is 3.31. The fraction of sp³-hybridized carbons (Fsp3) is 0.600. The zero-order valence-electron chi connectivity index (χ0n) is 11.3. The summed E-state index contributed by atoms with van der Waals surface area (Å²) in [5, 5.41) is 4.93. The van der Waals surface area contributed by atoms with Gasteiger partial charge in [0.1, 0.15) is 0 Å². The SMILES string of the molecule is CCCC[C@@H](CC)CNCc1ccc(Cl)cc1Cl. The van der Waals surface area contributed by atoms with E-state index in [0.717, 1.165) is 29.6 Å². The van der Waals surface area contributed by atoms with Gasteiger partial charge in [-0.1, -0.05) is 62.4 Å². The summed E-state index contributed by atoms with van der Waals surface area (Å²) in [4.78, 5) is 0. The molecule has 0 amide bonds. The highest BCUT2D eigenvalue weighted by Gasteiger charge is 2.06. The molecule has 0 saturated heterocycles. The highest BCUT2D eigenvalue weighted by Crippen LogP contribution is 2.21. The van der Waals surface area contributed by atoms with Crippen molar-refractivity contribution in [3.63, 3.8) is 0 Å². The Balaban J connectivity index is 2.35. The Bertz CT molecular complexity index is 352. The Labute approximate surface area is 121 Å². The van der Waals surface area contributed by atoms with Gasteiger partial charge in [-0.2, -0.15) is 0 Å². The van der Waals surface area contributed by atoms with Crippen molar-refractivity contribution in [1.29, 1.82) is 0 Å². The fourth-order valence-corrected chi connectivity index (χ4v) is 2.49. The summed E-state index contributed by atoms with van der Waals surface area (Å²) in [6.45, 7) is 6.39. The van der Waals surface area contributed by atoms with E-state index in [1.807, 2.05) is 12.1 Å². The molecule has 1 aromatic carbocycles. The first-order chi connectivity index (χ1) is 8.67. The predicted octanol–water partition coefficient (Wildman–Crippen LogP) is 5.30. The van der Waals surface area contributed by atoms with Crippen molar-refractivity contribution >= 4 is 23.2 Å². The number of unbranched alkanes of at least 4 members (excludes halogenated alkanes) is 1. The topological polar surface area (TPSA) is 12.0 Å². The highest BCUT2D eigenvalue weighted by atomic mass is 35.5. The van der Waals surface area contributed by atoms with E-state index >= 15 is 0 Å². The second kappa shape index (κ2) is 8.79. The lowest BCUT2D eigenvalue weighted by molar-refractivity contribution is 0.419. The highest BCUT2D eigenvalue weighted by molar-refractivity contribution is 6.35. The van der Waals surface area contributed by atoms with E-state index in [2.05, 4.69) is 19.2 Å². The Morgan fingerprint density at radius 2 is 2.00 bits per heavy atom. The molecule has 0 unspecified atom stereocenters. The molecule has 3 heteroatoms. The van der Waals surface area contributed by atoms with Gasteiger partial charge in [0.2, 0.25) is 0 Å². The van der Waals surface area contributed by atoms with Crippen LogP contribution in [0.25, 0.3) is 0 Å². The van der Waals surface area contributed by atoms with Crippen LogP contribution in [0.3, 0.4) is 0 Å². The van der Waals surface area contributed by atoms with Crippen LogP contribution in [-0.2, 0) is 6.54 Å². The van der Waals surface area contributed by atoms with Crippen LogP contribution in [0.5, 0.6) is 0 Å². The first kappa shape index (κ1) is 15.8. The fourth-order valence-electron chi connectivity index (χ4n) is 2.02. The summed E-state index contributed by atoms with van der Waals surface area (Å²) >= 11 is 12.0. The summed E-state index contributed by atoms with van der Waals surface area (Å²) < 4.78 is 0. The summed E-state index contributed by atoms with van der Waals surface area (Å²) in [6, 6.07) is 5.68. The molecule has 0 radical (unpaired) electrons. The zero-order valence-corrected chi connectivity index (χ0v) is 12.8. The smallest absolute Gasteiger partial charge is 0.0465 e. The number of benzene rings is 1. The van der Waals surface area contributed by atoms with Gasteiger partial charge in [0.25, 0.3) is 0 Å². The second-order valence-corrected chi connectivity index (χ2v) is 5.63. The average molecular weight is 288 g/mol. The van der Waals surface area contributed by atoms with E-state index < -0.39 is 0 Å². The normalized spacial score (nSPS) is 12.7. The van der Waals surface area contributed by atoms with Gasteiger partial charge in [0.05, 0.1) is 0 Å². The molecular formula is C15H23Cl2N. The molecule has 1 atom stereocenters. The largest absolute Gasteiger partial charge is 0.312 e. The lowest BCUT2D eigenvalue weighted by atomic mass is 9.99. The molecule has 0 spiro atoms. The van der Waals surface area contributed by atoms with Gasteiger partial charge in [-0.3, -0.25) is 0 Å². The van der Waals surface area contributed by atoms with Crippen LogP contribution in [0, 0.1) is 5.92 Å². The van der Waals surface area contributed by atoms with Gasteiger partial charge in [-0.25, -0.2) is 0 Å². The van der Waals surface area contributed by atoms with Crippen molar-refractivity contribution in [2.24, 2.45) is 5.92 Å². The van der Waals surface area contributed by atoms with Crippen LogP contribution in [0.4, 0.5) is 0 Å². The molecule has 18 heavy (non-hydrogen) atoms. The maximum absolute atomic E-state index is 6.14. The van der Waals surface area contributed by atoms with Gasteiger partial charge in [-0.15, -0.1) is 0 Å². The predicted molar refractivity (Wildman–Crippen MR) is 81.5 cm³/mol. The third kappa shape index (κ3) is 5.60. The Kier molecular flexibility index (Phi) is 7.73. The van der Waals surface area contributed by atoms with Crippen molar-refractivity contribution < 1.29 is 0 Å². The maximum atomic E-state index is 6.14. The number of hydrogen-bond acceptors (Lipinski definition) is 1. The summed E-state index contributed by atoms with van der Waals surface area (Å²) in [7, 11) is 0. The van der Waals surface area contributed by atoms with Crippen molar-refractivity contribution in [3.8, 4) is 0 Å². The minimum atomic E-state index is 0.693. The minimum Gasteiger partial charge on any atom is -0.312 e. The molecule has 0 bridgehead atoms. The molecule has 1 rings (SSSR count). The zero-order chi connectivity index (χ0) is 13.4. The van der Waals surface area contributed by atoms with Gasteiger partial charge < -0.3 is 5.32 Å². The van der Waals surface area contributed by atoms with Crippen molar-refractivity contribution in [1.82, 2.24) is 5.32 Å². The Morgan fingerprint density at radius 3 is 2.61 bits per heavy atom. The molecule has 1 nitrogen and oxygen atoms in total. The van der Waals surface area contributed by atoms with Crippen LogP contribution in [0.2, 0.25) is 10.0 Å². The van der Waals surface area contributed by atoms with Crippen molar-refractivity contribution in [2.75, 3.05) is 6.54 Å². The molecule has 102 valence electrons. The van der Waals surface area contributed by atoms with E-state index in [0.29, 0.717) is 5.02 Å². The monoisotopic (exact) mass is 287 g/mol. The van der Waals surface area contributed by atoms with Gasteiger partial charge in [0, 0.05) is 16.6 Å². The second-order valence-electron chi connectivity index (χ2n) is 4.78. The van der Waals surface area contributed by atoms with Gasteiger partial charge in [0.15, 0.2) is 0 Å². The molecule has 0 aliphatic heterocycles. The van der Waals surface area contributed by atoms with Crippen LogP contribution < -0.4 is 5.32 Å². The average Bonchev–Trinajstić information content (AvgIpc) is 2.36. The molecular weight excluding hydrogens is 265 g/mol. The quantitative estimate of drug-likeness (QED) is 0.684. The molecule has 1 N–H and O–H groups in total. The lowest BCUT2D eigenvalue weighted by Crippen LogP contribution is -2.22. The van der Waals surface area contributed by atoms with Crippen LogP contribution in [0.15, 0.2) is 18.2 Å². The third-order valence-corrected chi connectivity index (χ3v) is 3.89.